The van der Waals surface area contributed by atoms with Crippen LogP contribution in [0.1, 0.15) is 34.1 Å². The highest BCUT2D eigenvalue weighted by atomic mass is 14.7. The molecule has 18 heavy (non-hydrogen) atoms. The Kier molecular flexibility index (Phi) is 9.52. The van der Waals surface area contributed by atoms with Crippen LogP contribution in [-0.4, -0.2) is 19.5 Å². The van der Waals surface area contributed by atoms with Gasteiger partial charge in [0.1, 0.15) is 5.70 Å². The van der Waals surface area contributed by atoms with E-state index < -0.39 is 0 Å². The third kappa shape index (κ3) is 9.56. The quantitative estimate of drug-likeness (QED) is 0.520. The summed E-state index contributed by atoms with van der Waals surface area (Å²) >= 11 is 0. The van der Waals surface area contributed by atoms with Crippen LogP contribution < -0.4 is 0 Å². The van der Waals surface area contributed by atoms with E-state index in [1.807, 2.05) is 37.6 Å². The number of aliphatic imine (C=N–C) groups is 2. The Balaban J connectivity index is 0.000000411. The molecule has 1 aliphatic heterocycles. The van der Waals surface area contributed by atoms with Crippen molar-refractivity contribution >= 4 is 12.4 Å². The molecule has 0 saturated carbocycles. The molecule has 0 spiro atoms. The van der Waals surface area contributed by atoms with Crippen LogP contribution in [0.2, 0.25) is 0 Å². The summed E-state index contributed by atoms with van der Waals surface area (Å²) in [5.74, 6) is 0.606. The zero-order valence-electron chi connectivity index (χ0n) is 12.1. The van der Waals surface area contributed by atoms with E-state index in [4.69, 9.17) is 0 Å². The van der Waals surface area contributed by atoms with Gasteiger partial charge in [-0.3, -0.25) is 0 Å². The maximum Gasteiger partial charge on any atom is 0.105 e. The van der Waals surface area contributed by atoms with Crippen LogP contribution in [0.15, 0.2) is 51.3 Å². The molecular weight excluding hydrogens is 220 g/mol. The van der Waals surface area contributed by atoms with Gasteiger partial charge in [-0.05, 0) is 43.1 Å². The fourth-order valence-corrected chi connectivity index (χ4v) is 1.13. The van der Waals surface area contributed by atoms with E-state index in [1.54, 1.807) is 7.05 Å². The number of hydrogen-bond acceptors (Lipinski definition) is 2. The maximum atomic E-state index is 4.24. The van der Waals surface area contributed by atoms with Gasteiger partial charge in [0.2, 0.25) is 0 Å². The molecule has 98 valence electrons. The fourth-order valence-electron chi connectivity index (χ4n) is 1.13. The van der Waals surface area contributed by atoms with Crippen LogP contribution >= 0.6 is 0 Å². The van der Waals surface area contributed by atoms with E-state index in [0.29, 0.717) is 5.92 Å². The van der Waals surface area contributed by atoms with E-state index in [-0.39, 0.29) is 0 Å². The Labute approximate surface area is 111 Å². The van der Waals surface area contributed by atoms with Crippen molar-refractivity contribution in [2.45, 2.75) is 34.1 Å². The lowest BCUT2D eigenvalue weighted by atomic mass is 10.3. The van der Waals surface area contributed by atoms with Gasteiger partial charge in [0.05, 0.1) is 0 Å². The van der Waals surface area contributed by atoms with Gasteiger partial charge in [0.25, 0.3) is 0 Å². The van der Waals surface area contributed by atoms with Crippen LogP contribution in [0.4, 0.5) is 0 Å². The molecule has 1 rings (SSSR count). The summed E-state index contributed by atoms with van der Waals surface area (Å²) in [5, 5.41) is 0. The third-order valence-corrected chi connectivity index (χ3v) is 1.94. The summed E-state index contributed by atoms with van der Waals surface area (Å²) in [7, 11) is 1.79. The van der Waals surface area contributed by atoms with Gasteiger partial charge in [-0.25, -0.2) is 4.99 Å². The minimum Gasteiger partial charge on any atom is -0.301 e. The molecule has 0 aliphatic carbocycles. The lowest BCUT2D eigenvalue weighted by Crippen LogP contribution is -1.84. The molecule has 0 amide bonds. The highest BCUT2D eigenvalue weighted by Gasteiger charge is 1.87. The smallest absolute Gasteiger partial charge is 0.105 e. The largest absolute Gasteiger partial charge is 0.301 e. The number of hydrogen-bond donors (Lipinski definition) is 0. The first-order chi connectivity index (χ1) is 8.60. The molecule has 0 aromatic heterocycles. The standard InChI is InChI=1S/C11H13N.C5H11N/c1-3-4-7-11-8-5-6-10(2)9-12-11;1-5(2)4-6-3/h4-7,9H,3H2,1-2H3;4-5H,1-3H3/b7-4+;. The third-order valence-electron chi connectivity index (χ3n) is 1.94. The Morgan fingerprint density at radius 3 is 2.67 bits per heavy atom. The Hall–Kier alpha value is -1.66. The summed E-state index contributed by atoms with van der Waals surface area (Å²) in [4.78, 5) is 8.05. The van der Waals surface area contributed by atoms with E-state index in [0.717, 1.165) is 17.7 Å². The first-order valence-corrected chi connectivity index (χ1v) is 6.36. The number of nitrogens with zero attached hydrogens (tertiary/aromatic N) is 2. The maximum absolute atomic E-state index is 4.24. The molecule has 0 N–H and O–H groups in total. The summed E-state index contributed by atoms with van der Waals surface area (Å²) in [5.41, 5.74) is 5.13. The first kappa shape index (κ1) is 16.3. The minimum absolute atomic E-state index is 0.606. The molecule has 1 heterocycles. The molecular formula is C16H24N2. The fraction of sp³-hybridized carbons (Fsp3) is 0.438. The molecule has 0 aromatic rings. The van der Waals surface area contributed by atoms with E-state index >= 15 is 0 Å². The average Bonchev–Trinajstić information content (AvgIpc) is 2.52. The van der Waals surface area contributed by atoms with E-state index in [1.165, 1.54) is 0 Å². The molecule has 0 radical (unpaired) electrons. The van der Waals surface area contributed by atoms with Crippen molar-refractivity contribution in [2.75, 3.05) is 7.05 Å². The van der Waals surface area contributed by atoms with Gasteiger partial charge < -0.3 is 4.99 Å². The average molecular weight is 244 g/mol. The van der Waals surface area contributed by atoms with Crippen LogP contribution in [-0.2, 0) is 0 Å². The normalized spacial score (nSPS) is 14.6. The minimum atomic E-state index is 0.606. The first-order valence-electron chi connectivity index (χ1n) is 6.36. The topological polar surface area (TPSA) is 24.7 Å². The van der Waals surface area contributed by atoms with Crippen LogP contribution in [0.25, 0.3) is 0 Å². The second kappa shape index (κ2) is 10.5. The van der Waals surface area contributed by atoms with Gasteiger partial charge in [0.15, 0.2) is 0 Å². The monoisotopic (exact) mass is 244 g/mol. The number of allylic oxidation sites excluding steroid dienone is 4. The summed E-state index contributed by atoms with van der Waals surface area (Å²) in [6, 6.07) is 0. The molecule has 0 aromatic carbocycles. The molecule has 0 atom stereocenters. The van der Waals surface area contributed by atoms with Gasteiger partial charge >= 0.3 is 0 Å². The van der Waals surface area contributed by atoms with Crippen molar-refractivity contribution in [3.05, 3.63) is 41.3 Å². The van der Waals surface area contributed by atoms with Crippen LogP contribution in [0.5, 0.6) is 0 Å². The zero-order chi connectivity index (χ0) is 13.8. The summed E-state index contributed by atoms with van der Waals surface area (Å²) < 4.78 is 0. The molecule has 2 nitrogen and oxygen atoms in total. The van der Waals surface area contributed by atoms with Crippen molar-refractivity contribution in [3.8, 4) is 0 Å². The van der Waals surface area contributed by atoms with Gasteiger partial charge in [-0.2, -0.15) is 0 Å². The Morgan fingerprint density at radius 2 is 2.17 bits per heavy atom. The summed E-state index contributed by atoms with van der Waals surface area (Å²) in [6.07, 6.45) is 12.8. The second-order valence-electron chi connectivity index (χ2n) is 4.33. The molecule has 0 unspecified atom stereocenters. The van der Waals surface area contributed by atoms with Crippen molar-refractivity contribution in [1.29, 1.82) is 0 Å². The molecule has 0 saturated heterocycles. The van der Waals surface area contributed by atoms with Gasteiger partial charge in [-0.1, -0.05) is 32.6 Å². The van der Waals surface area contributed by atoms with Crippen LogP contribution in [0.3, 0.4) is 0 Å². The lowest BCUT2D eigenvalue weighted by molar-refractivity contribution is 0.905. The van der Waals surface area contributed by atoms with Crippen LogP contribution in [0, 0.1) is 5.92 Å². The second-order valence-corrected chi connectivity index (χ2v) is 4.33. The molecule has 2 heteroatoms. The molecule has 0 bridgehead atoms. The van der Waals surface area contributed by atoms with Crippen molar-refractivity contribution < 1.29 is 0 Å². The Bertz CT molecular complexity index is 401. The SMILES string of the molecule is CC/C=C/C1=C=CC=C(C)C=N1.CN=CC(C)C. The highest BCUT2D eigenvalue weighted by molar-refractivity contribution is 5.79. The molecule has 0 fully saturated rings. The Morgan fingerprint density at radius 1 is 1.44 bits per heavy atom. The summed E-state index contributed by atoms with van der Waals surface area (Å²) in [6.45, 7) is 8.33. The number of rotatable bonds is 3. The lowest BCUT2D eigenvalue weighted by Gasteiger charge is -1.86. The zero-order valence-corrected chi connectivity index (χ0v) is 12.1. The predicted molar refractivity (Wildman–Crippen MR) is 82.5 cm³/mol. The van der Waals surface area contributed by atoms with Crippen molar-refractivity contribution in [2.24, 2.45) is 15.9 Å². The van der Waals surface area contributed by atoms with Crippen molar-refractivity contribution in [1.82, 2.24) is 0 Å². The van der Waals surface area contributed by atoms with Gasteiger partial charge in [-0.15, -0.1) is 0 Å². The van der Waals surface area contributed by atoms with Crippen molar-refractivity contribution in [3.63, 3.8) is 0 Å². The van der Waals surface area contributed by atoms with Gasteiger partial charge in [0, 0.05) is 19.5 Å². The highest BCUT2D eigenvalue weighted by Crippen LogP contribution is 2.02. The predicted octanol–water partition coefficient (Wildman–Crippen LogP) is 4.37. The molecule has 1 aliphatic rings. The van der Waals surface area contributed by atoms with E-state index in [9.17, 15) is 0 Å². The van der Waals surface area contributed by atoms with E-state index in [2.05, 4.69) is 42.6 Å².